The fourth-order valence-corrected chi connectivity index (χ4v) is 6.18. The van der Waals surface area contributed by atoms with Crippen LogP contribution < -0.4 is 19.7 Å². The number of fused-ring (bicyclic) bond motifs is 2. The van der Waals surface area contributed by atoms with Crippen LogP contribution in [0.4, 0.5) is 16.2 Å². The average Bonchev–Trinajstić information content (AvgIpc) is 3.42. The molecule has 2 aliphatic heterocycles. The number of urea groups is 1. The van der Waals surface area contributed by atoms with Crippen LogP contribution in [0.2, 0.25) is 0 Å². The smallest absolute Gasteiger partial charge is 0.323 e. The van der Waals surface area contributed by atoms with Gasteiger partial charge in [-0.2, -0.15) is 0 Å². The number of anilines is 2. The summed E-state index contributed by atoms with van der Waals surface area (Å²) in [4.78, 5) is 30.0. The van der Waals surface area contributed by atoms with Gasteiger partial charge in [0.15, 0.2) is 4.87 Å². The molecule has 1 saturated heterocycles. The van der Waals surface area contributed by atoms with Gasteiger partial charge in [-0.3, -0.25) is 9.69 Å². The van der Waals surface area contributed by atoms with Crippen molar-refractivity contribution < 1.29 is 19.1 Å². The second-order valence-electron chi connectivity index (χ2n) is 8.51. The van der Waals surface area contributed by atoms with Crippen molar-refractivity contribution in [2.24, 2.45) is 0 Å². The number of hydrogen-bond acceptors (Lipinski definition) is 5. The van der Waals surface area contributed by atoms with E-state index in [0.29, 0.717) is 36.0 Å². The molecule has 1 fully saturated rings. The number of nitrogens with zero attached hydrogens (tertiary/aromatic N) is 2. The Bertz CT molecular complexity index is 1300. The highest BCUT2D eigenvalue weighted by molar-refractivity contribution is 8.01. The largest absolute Gasteiger partial charge is 0.497 e. The summed E-state index contributed by atoms with van der Waals surface area (Å²) in [5.74, 6) is 1.82. The Balaban J connectivity index is 1.54. The van der Waals surface area contributed by atoms with E-state index in [4.69, 9.17) is 9.47 Å². The quantitative estimate of drug-likeness (QED) is 0.547. The molecular weight excluding hydrogens is 462 g/mol. The van der Waals surface area contributed by atoms with E-state index >= 15 is 0 Å². The van der Waals surface area contributed by atoms with E-state index in [1.54, 1.807) is 36.2 Å². The van der Waals surface area contributed by atoms with Crippen molar-refractivity contribution in [1.82, 2.24) is 4.90 Å². The van der Waals surface area contributed by atoms with Crippen molar-refractivity contribution in [3.05, 3.63) is 83.4 Å². The molecule has 1 N–H and O–H groups in total. The summed E-state index contributed by atoms with van der Waals surface area (Å²) in [5.41, 5.74) is 4.36. The van der Waals surface area contributed by atoms with Gasteiger partial charge >= 0.3 is 6.03 Å². The fraction of sp³-hybridized carbons (Fsp3) is 0.259. The van der Waals surface area contributed by atoms with E-state index in [9.17, 15) is 9.59 Å². The molecule has 5 rings (SSSR count). The molecule has 0 radical (unpaired) electrons. The summed E-state index contributed by atoms with van der Waals surface area (Å²) < 4.78 is 10.8. The van der Waals surface area contributed by atoms with Crippen molar-refractivity contribution in [1.29, 1.82) is 0 Å². The number of methoxy groups -OCH3 is 2. The van der Waals surface area contributed by atoms with E-state index in [1.807, 2.05) is 61.5 Å². The first-order valence-corrected chi connectivity index (χ1v) is 12.4. The number of aryl methyl sites for hydroxylation is 1. The molecule has 2 heterocycles. The van der Waals surface area contributed by atoms with E-state index in [-0.39, 0.29) is 11.9 Å². The molecule has 3 amide bonds. The van der Waals surface area contributed by atoms with Gasteiger partial charge in [-0.1, -0.05) is 30.3 Å². The molecular formula is C27H27N3O4S. The summed E-state index contributed by atoms with van der Waals surface area (Å²) in [6.07, 6.45) is 0. The van der Waals surface area contributed by atoms with Crippen molar-refractivity contribution in [2.75, 3.05) is 36.7 Å². The Kier molecular flexibility index (Phi) is 6.06. The van der Waals surface area contributed by atoms with Crippen LogP contribution in [0, 0.1) is 6.92 Å². The fourth-order valence-electron chi connectivity index (χ4n) is 4.73. The maximum atomic E-state index is 14.2. The summed E-state index contributed by atoms with van der Waals surface area (Å²) in [6.45, 7) is 2.92. The standard InChI is InChI=1S/C27H27N3O4S/c1-18-7-4-5-8-19(18)17-29-24-12-11-22(34-3)16-23(24)27(25(29)31)30(13-14-35-27)26(32)28-20-9-6-10-21(15-20)33-2/h4-12,15-16H,13-14,17H2,1-3H3,(H,28,32)/t27-/m0/s1. The summed E-state index contributed by atoms with van der Waals surface area (Å²) in [5, 5.41) is 2.96. The minimum Gasteiger partial charge on any atom is -0.497 e. The Labute approximate surface area is 209 Å². The molecule has 1 atom stereocenters. The zero-order valence-electron chi connectivity index (χ0n) is 19.9. The predicted octanol–water partition coefficient (Wildman–Crippen LogP) is 4.99. The van der Waals surface area contributed by atoms with Crippen LogP contribution in [0.1, 0.15) is 16.7 Å². The maximum absolute atomic E-state index is 14.2. The highest BCUT2D eigenvalue weighted by Gasteiger charge is 2.59. The Morgan fingerprint density at radius 1 is 1.03 bits per heavy atom. The van der Waals surface area contributed by atoms with Gasteiger partial charge in [0.1, 0.15) is 11.5 Å². The molecule has 8 heteroatoms. The highest BCUT2D eigenvalue weighted by atomic mass is 32.2. The zero-order valence-corrected chi connectivity index (χ0v) is 20.7. The van der Waals surface area contributed by atoms with Gasteiger partial charge in [0.05, 0.1) is 26.5 Å². The van der Waals surface area contributed by atoms with Crippen molar-refractivity contribution in [3.63, 3.8) is 0 Å². The molecule has 7 nitrogen and oxygen atoms in total. The lowest BCUT2D eigenvalue weighted by molar-refractivity contribution is -0.123. The van der Waals surface area contributed by atoms with Crippen LogP contribution in [0.3, 0.4) is 0 Å². The van der Waals surface area contributed by atoms with Crippen LogP contribution in [0.25, 0.3) is 0 Å². The second kappa shape index (κ2) is 9.19. The number of benzene rings is 3. The number of rotatable bonds is 5. The second-order valence-corrected chi connectivity index (χ2v) is 9.79. The molecule has 0 bridgehead atoms. The van der Waals surface area contributed by atoms with Crippen molar-refractivity contribution in [2.45, 2.75) is 18.3 Å². The normalized spacial score (nSPS) is 18.7. The number of carbonyl (C=O) groups excluding carboxylic acids is 2. The van der Waals surface area contributed by atoms with E-state index in [1.165, 1.54) is 11.8 Å². The Morgan fingerprint density at radius 3 is 2.57 bits per heavy atom. The average molecular weight is 490 g/mol. The molecule has 3 aromatic rings. The number of thioether (sulfide) groups is 1. The SMILES string of the molecule is COc1cccc(NC(=O)N2CCS[C@@]23C(=O)N(Cc2ccccc2C)c2ccc(OC)cc23)c1. The van der Waals surface area contributed by atoms with E-state index in [0.717, 1.165) is 22.4 Å². The van der Waals surface area contributed by atoms with Crippen LogP contribution in [0.5, 0.6) is 11.5 Å². The topological polar surface area (TPSA) is 71.1 Å². The summed E-state index contributed by atoms with van der Waals surface area (Å²) in [7, 11) is 3.18. The highest BCUT2D eigenvalue weighted by Crippen LogP contribution is 2.55. The van der Waals surface area contributed by atoms with Gasteiger partial charge in [0, 0.05) is 29.6 Å². The Morgan fingerprint density at radius 2 is 1.80 bits per heavy atom. The molecule has 0 saturated carbocycles. The van der Waals surface area contributed by atoms with Crippen LogP contribution in [-0.2, 0) is 16.2 Å². The predicted molar refractivity (Wildman–Crippen MR) is 138 cm³/mol. The van der Waals surface area contributed by atoms with Crippen LogP contribution in [-0.4, -0.2) is 43.4 Å². The Hall–Kier alpha value is -3.65. The van der Waals surface area contributed by atoms with Gasteiger partial charge < -0.3 is 19.7 Å². The molecule has 0 aromatic heterocycles. The molecule has 35 heavy (non-hydrogen) atoms. The van der Waals surface area contributed by atoms with Crippen molar-refractivity contribution in [3.8, 4) is 11.5 Å². The summed E-state index contributed by atoms with van der Waals surface area (Å²) >= 11 is 1.49. The minimum atomic E-state index is -1.16. The third kappa shape index (κ3) is 3.87. The number of ether oxygens (including phenoxy) is 2. The van der Waals surface area contributed by atoms with Gasteiger partial charge in [0.25, 0.3) is 5.91 Å². The molecule has 2 aliphatic rings. The molecule has 0 aliphatic carbocycles. The van der Waals surface area contributed by atoms with Crippen LogP contribution >= 0.6 is 11.8 Å². The minimum absolute atomic E-state index is 0.118. The lowest BCUT2D eigenvalue weighted by Crippen LogP contribution is -2.51. The first-order chi connectivity index (χ1) is 17.0. The number of carbonyl (C=O) groups is 2. The van der Waals surface area contributed by atoms with Crippen LogP contribution in [0.15, 0.2) is 66.7 Å². The van der Waals surface area contributed by atoms with E-state index < -0.39 is 4.87 Å². The maximum Gasteiger partial charge on any atom is 0.323 e. The van der Waals surface area contributed by atoms with Gasteiger partial charge in [0.2, 0.25) is 0 Å². The van der Waals surface area contributed by atoms with E-state index in [2.05, 4.69) is 5.32 Å². The monoisotopic (exact) mass is 489 g/mol. The molecule has 0 unspecified atom stereocenters. The first kappa shape index (κ1) is 23.1. The molecule has 180 valence electrons. The third-order valence-electron chi connectivity index (χ3n) is 6.56. The number of hydrogen-bond donors (Lipinski definition) is 1. The van der Waals surface area contributed by atoms with Gasteiger partial charge in [-0.25, -0.2) is 4.79 Å². The number of nitrogens with one attached hydrogen (secondary N) is 1. The molecule has 3 aromatic carbocycles. The lowest BCUT2D eigenvalue weighted by Gasteiger charge is -2.33. The zero-order chi connectivity index (χ0) is 24.6. The summed E-state index contributed by atoms with van der Waals surface area (Å²) in [6, 6.07) is 20.5. The van der Waals surface area contributed by atoms with Gasteiger partial charge in [-0.05, 0) is 48.4 Å². The van der Waals surface area contributed by atoms with Crippen molar-refractivity contribution >= 4 is 35.1 Å². The van der Waals surface area contributed by atoms with Gasteiger partial charge in [-0.15, -0.1) is 11.8 Å². The lowest BCUT2D eigenvalue weighted by atomic mass is 10.1. The number of amides is 3. The molecule has 1 spiro atoms. The first-order valence-electron chi connectivity index (χ1n) is 11.4. The third-order valence-corrected chi connectivity index (χ3v) is 7.98.